The maximum absolute atomic E-state index is 12.3. The average Bonchev–Trinajstić information content (AvgIpc) is 2.69. The van der Waals surface area contributed by atoms with Crippen LogP contribution in [0.15, 0.2) is 23.1 Å². The minimum absolute atomic E-state index is 0.0522. The lowest BCUT2D eigenvalue weighted by Gasteiger charge is -2.21. The molecule has 0 saturated carbocycles. The molecule has 1 aromatic rings. The van der Waals surface area contributed by atoms with Crippen molar-refractivity contribution in [3.05, 3.63) is 23.2 Å². The Kier molecular flexibility index (Phi) is 3.34. The normalized spacial score (nSPS) is 21.9. The van der Waals surface area contributed by atoms with Crippen LogP contribution < -0.4 is 5.73 Å². The molecule has 0 spiro atoms. The van der Waals surface area contributed by atoms with Gasteiger partial charge in [-0.15, -0.1) is 0 Å². The van der Waals surface area contributed by atoms with E-state index in [4.69, 9.17) is 17.3 Å². The fourth-order valence-corrected chi connectivity index (χ4v) is 4.04. The van der Waals surface area contributed by atoms with Crippen LogP contribution in [0.1, 0.15) is 19.8 Å². The van der Waals surface area contributed by atoms with Crippen LogP contribution in [0.5, 0.6) is 0 Å². The van der Waals surface area contributed by atoms with Crippen LogP contribution in [0.3, 0.4) is 0 Å². The van der Waals surface area contributed by atoms with E-state index in [1.807, 2.05) is 6.92 Å². The summed E-state index contributed by atoms with van der Waals surface area (Å²) < 4.78 is 26.2. The molecule has 2 N–H and O–H groups in total. The number of benzene rings is 1. The van der Waals surface area contributed by atoms with E-state index in [9.17, 15) is 8.42 Å². The highest BCUT2D eigenvalue weighted by Gasteiger charge is 2.32. The van der Waals surface area contributed by atoms with Gasteiger partial charge in [0.25, 0.3) is 0 Å². The van der Waals surface area contributed by atoms with Crippen molar-refractivity contribution < 1.29 is 8.42 Å². The molecule has 1 heterocycles. The third-order valence-electron chi connectivity index (χ3n) is 3.07. The van der Waals surface area contributed by atoms with Crippen molar-refractivity contribution in [3.63, 3.8) is 0 Å². The Bertz CT molecular complexity index is 530. The summed E-state index contributed by atoms with van der Waals surface area (Å²) in [4.78, 5) is 0.213. The molecule has 1 atom stereocenters. The summed E-state index contributed by atoms with van der Waals surface area (Å²) in [5, 5.41) is 0.276. The molecule has 17 heavy (non-hydrogen) atoms. The first kappa shape index (κ1) is 12.7. The molecule has 0 radical (unpaired) electrons. The molecule has 0 amide bonds. The number of halogens is 1. The summed E-state index contributed by atoms with van der Waals surface area (Å²) in [6, 6.07) is 4.49. The number of sulfonamides is 1. The van der Waals surface area contributed by atoms with E-state index >= 15 is 0 Å². The molecular formula is C11H15ClN2O2S. The van der Waals surface area contributed by atoms with Gasteiger partial charge in [-0.05, 0) is 38.0 Å². The van der Waals surface area contributed by atoms with Gasteiger partial charge >= 0.3 is 0 Å². The van der Waals surface area contributed by atoms with E-state index in [1.165, 1.54) is 22.5 Å². The summed E-state index contributed by atoms with van der Waals surface area (Å²) in [7, 11) is -3.43. The SMILES string of the molecule is CC1CCCN1S(=O)(=O)c1ccc(N)c(Cl)c1. The summed E-state index contributed by atoms with van der Waals surface area (Å²) in [5.74, 6) is 0. The monoisotopic (exact) mass is 274 g/mol. The van der Waals surface area contributed by atoms with Crippen molar-refractivity contribution in [1.29, 1.82) is 0 Å². The van der Waals surface area contributed by atoms with Crippen LogP contribution in [-0.2, 0) is 10.0 Å². The van der Waals surface area contributed by atoms with Crippen LogP contribution >= 0.6 is 11.6 Å². The predicted octanol–water partition coefficient (Wildman–Crippen LogP) is 2.10. The minimum Gasteiger partial charge on any atom is -0.398 e. The quantitative estimate of drug-likeness (QED) is 0.840. The van der Waals surface area contributed by atoms with Gasteiger partial charge in [0.2, 0.25) is 10.0 Å². The van der Waals surface area contributed by atoms with Crippen molar-refractivity contribution in [2.75, 3.05) is 12.3 Å². The molecule has 0 aliphatic carbocycles. The summed E-state index contributed by atoms with van der Waals surface area (Å²) in [6.07, 6.45) is 1.81. The second kappa shape index (κ2) is 4.48. The zero-order valence-electron chi connectivity index (χ0n) is 9.56. The summed E-state index contributed by atoms with van der Waals surface area (Å²) >= 11 is 5.85. The Morgan fingerprint density at radius 1 is 1.47 bits per heavy atom. The highest BCUT2D eigenvalue weighted by molar-refractivity contribution is 7.89. The van der Waals surface area contributed by atoms with Crippen molar-refractivity contribution in [3.8, 4) is 0 Å². The van der Waals surface area contributed by atoms with Gasteiger partial charge in [-0.2, -0.15) is 4.31 Å². The maximum Gasteiger partial charge on any atom is 0.243 e. The lowest BCUT2D eigenvalue weighted by Crippen LogP contribution is -2.33. The molecule has 0 aromatic heterocycles. The van der Waals surface area contributed by atoms with E-state index in [0.29, 0.717) is 12.2 Å². The van der Waals surface area contributed by atoms with E-state index in [1.54, 1.807) is 0 Å². The Balaban J connectivity index is 2.41. The van der Waals surface area contributed by atoms with E-state index in [0.717, 1.165) is 12.8 Å². The second-order valence-electron chi connectivity index (χ2n) is 4.29. The summed E-state index contributed by atoms with van der Waals surface area (Å²) in [6.45, 7) is 2.49. The van der Waals surface area contributed by atoms with Crippen LogP contribution in [-0.4, -0.2) is 25.3 Å². The van der Waals surface area contributed by atoms with Crippen LogP contribution in [0.25, 0.3) is 0 Å². The molecule has 0 bridgehead atoms. The highest BCUT2D eigenvalue weighted by atomic mass is 35.5. The number of hydrogen-bond donors (Lipinski definition) is 1. The van der Waals surface area contributed by atoms with Gasteiger partial charge in [0.15, 0.2) is 0 Å². The molecule has 1 aliphatic rings. The first-order valence-corrected chi connectivity index (χ1v) is 7.31. The minimum atomic E-state index is -3.43. The van der Waals surface area contributed by atoms with E-state index < -0.39 is 10.0 Å². The Morgan fingerprint density at radius 3 is 2.71 bits per heavy atom. The predicted molar refractivity (Wildman–Crippen MR) is 68.5 cm³/mol. The molecule has 1 fully saturated rings. The number of nitrogens with zero attached hydrogens (tertiary/aromatic N) is 1. The number of anilines is 1. The topological polar surface area (TPSA) is 63.4 Å². The van der Waals surface area contributed by atoms with E-state index in [-0.39, 0.29) is 16.0 Å². The van der Waals surface area contributed by atoms with Gasteiger partial charge in [0.1, 0.15) is 0 Å². The molecule has 1 aliphatic heterocycles. The van der Waals surface area contributed by atoms with Crippen LogP contribution in [0, 0.1) is 0 Å². The number of nitrogen functional groups attached to an aromatic ring is 1. The first-order valence-electron chi connectivity index (χ1n) is 5.50. The molecule has 1 aromatic carbocycles. The van der Waals surface area contributed by atoms with Gasteiger partial charge in [-0.3, -0.25) is 0 Å². The number of nitrogens with two attached hydrogens (primary N) is 1. The third-order valence-corrected chi connectivity index (χ3v) is 5.41. The van der Waals surface area contributed by atoms with Crippen molar-refractivity contribution in [2.45, 2.75) is 30.7 Å². The number of hydrogen-bond acceptors (Lipinski definition) is 3. The molecule has 2 rings (SSSR count). The molecule has 1 saturated heterocycles. The van der Waals surface area contributed by atoms with Crippen LogP contribution in [0.2, 0.25) is 5.02 Å². The third kappa shape index (κ3) is 2.27. The molecule has 6 heteroatoms. The molecule has 1 unspecified atom stereocenters. The molecule has 4 nitrogen and oxygen atoms in total. The van der Waals surface area contributed by atoms with Gasteiger partial charge in [0, 0.05) is 12.6 Å². The van der Waals surface area contributed by atoms with Gasteiger partial charge in [-0.25, -0.2) is 8.42 Å². The average molecular weight is 275 g/mol. The smallest absolute Gasteiger partial charge is 0.243 e. The maximum atomic E-state index is 12.3. The van der Waals surface area contributed by atoms with E-state index in [2.05, 4.69) is 0 Å². The Labute approximate surface area is 106 Å². The Hall–Kier alpha value is -0.780. The fourth-order valence-electron chi connectivity index (χ4n) is 2.07. The number of rotatable bonds is 2. The molecular weight excluding hydrogens is 260 g/mol. The van der Waals surface area contributed by atoms with Gasteiger partial charge < -0.3 is 5.73 Å². The zero-order valence-corrected chi connectivity index (χ0v) is 11.1. The largest absolute Gasteiger partial charge is 0.398 e. The van der Waals surface area contributed by atoms with Crippen molar-refractivity contribution in [2.24, 2.45) is 0 Å². The van der Waals surface area contributed by atoms with Crippen molar-refractivity contribution >= 4 is 27.3 Å². The lowest BCUT2D eigenvalue weighted by molar-refractivity contribution is 0.408. The standard InChI is InChI=1S/C11H15ClN2O2S/c1-8-3-2-6-14(8)17(15,16)9-4-5-11(13)10(12)7-9/h4-5,7-8H,2-3,6,13H2,1H3. The first-order chi connectivity index (χ1) is 7.93. The Morgan fingerprint density at radius 2 is 2.18 bits per heavy atom. The van der Waals surface area contributed by atoms with Gasteiger partial charge in [0.05, 0.1) is 15.6 Å². The van der Waals surface area contributed by atoms with Crippen LogP contribution in [0.4, 0.5) is 5.69 Å². The highest BCUT2D eigenvalue weighted by Crippen LogP contribution is 2.28. The second-order valence-corrected chi connectivity index (χ2v) is 6.59. The lowest BCUT2D eigenvalue weighted by atomic mass is 10.3. The van der Waals surface area contributed by atoms with Crippen molar-refractivity contribution in [1.82, 2.24) is 4.31 Å². The summed E-state index contributed by atoms with van der Waals surface area (Å²) in [5.41, 5.74) is 5.96. The zero-order chi connectivity index (χ0) is 12.6. The molecule has 94 valence electrons. The van der Waals surface area contributed by atoms with Gasteiger partial charge in [-0.1, -0.05) is 11.6 Å². The fraction of sp³-hybridized carbons (Fsp3) is 0.455.